The first-order valence-electron chi connectivity index (χ1n) is 9.99. The lowest BCUT2D eigenvalue weighted by Crippen LogP contribution is -2.17. The number of nitrogens with zero attached hydrogens (tertiary/aromatic N) is 2. The molecule has 0 radical (unpaired) electrons. The summed E-state index contributed by atoms with van der Waals surface area (Å²) in [6.07, 6.45) is 0.956. The number of thiazole rings is 1. The molecule has 0 amide bonds. The van der Waals surface area contributed by atoms with Gasteiger partial charge in [0, 0.05) is 16.4 Å². The van der Waals surface area contributed by atoms with Crippen LogP contribution >= 0.6 is 27.3 Å². The van der Waals surface area contributed by atoms with Crippen LogP contribution in [0.3, 0.4) is 0 Å². The number of ether oxygens (including phenoxy) is 1. The van der Waals surface area contributed by atoms with E-state index >= 15 is 0 Å². The fraction of sp³-hybridized carbons (Fsp3) is 0.160. The van der Waals surface area contributed by atoms with Gasteiger partial charge in [-0.05, 0) is 60.9 Å². The van der Waals surface area contributed by atoms with E-state index < -0.39 is 0 Å². The lowest BCUT2D eigenvalue weighted by atomic mass is 10.1. The van der Waals surface area contributed by atoms with E-state index in [-0.39, 0.29) is 0 Å². The Kier molecular flexibility index (Phi) is 6.82. The van der Waals surface area contributed by atoms with E-state index in [0.29, 0.717) is 6.61 Å². The maximum absolute atomic E-state index is 5.55. The molecule has 0 atom stereocenters. The summed E-state index contributed by atoms with van der Waals surface area (Å²) in [7, 11) is 0. The Morgan fingerprint density at radius 3 is 2.37 bits per heavy atom. The van der Waals surface area contributed by atoms with Gasteiger partial charge < -0.3 is 9.30 Å². The van der Waals surface area contributed by atoms with Crippen LogP contribution in [-0.4, -0.2) is 11.2 Å². The van der Waals surface area contributed by atoms with E-state index in [9.17, 15) is 0 Å². The van der Waals surface area contributed by atoms with Crippen molar-refractivity contribution in [3.8, 4) is 17.0 Å². The van der Waals surface area contributed by atoms with E-state index in [1.165, 1.54) is 16.8 Å². The van der Waals surface area contributed by atoms with E-state index in [1.54, 1.807) is 11.3 Å². The predicted molar refractivity (Wildman–Crippen MR) is 128 cm³/mol. The molecular weight excluding hydrogens is 456 g/mol. The van der Waals surface area contributed by atoms with Crippen LogP contribution in [-0.2, 0) is 13.0 Å². The molecule has 0 unspecified atom stereocenters. The number of rotatable bonds is 7. The molecule has 0 N–H and O–H groups in total. The summed E-state index contributed by atoms with van der Waals surface area (Å²) in [5.41, 5.74) is 4.63. The molecular formula is C25H23BrN2OS. The van der Waals surface area contributed by atoms with Crippen molar-refractivity contribution in [2.45, 2.75) is 19.9 Å². The maximum atomic E-state index is 5.55. The third-order valence-electron chi connectivity index (χ3n) is 4.78. The van der Waals surface area contributed by atoms with Crippen molar-refractivity contribution in [1.29, 1.82) is 0 Å². The Morgan fingerprint density at radius 2 is 1.67 bits per heavy atom. The van der Waals surface area contributed by atoms with Crippen LogP contribution in [0.5, 0.6) is 5.75 Å². The van der Waals surface area contributed by atoms with E-state index in [4.69, 9.17) is 9.73 Å². The Bertz CT molecular complexity index is 1150. The van der Waals surface area contributed by atoms with Gasteiger partial charge in [0.2, 0.25) is 0 Å². The SMILES string of the molecule is CCOc1ccc(N=c2scc(-c3ccc(Br)cc3)n2CCc2ccccc2)cc1. The first-order valence-corrected chi connectivity index (χ1v) is 11.7. The van der Waals surface area contributed by atoms with Crippen LogP contribution in [0.1, 0.15) is 12.5 Å². The Morgan fingerprint density at radius 1 is 0.933 bits per heavy atom. The molecule has 0 saturated heterocycles. The highest BCUT2D eigenvalue weighted by molar-refractivity contribution is 9.10. The molecule has 0 aliphatic rings. The van der Waals surface area contributed by atoms with Crippen molar-refractivity contribution in [2.75, 3.05) is 6.61 Å². The van der Waals surface area contributed by atoms with Crippen LogP contribution < -0.4 is 9.54 Å². The second kappa shape index (κ2) is 9.92. The molecule has 4 aromatic rings. The molecule has 3 aromatic carbocycles. The molecule has 152 valence electrons. The van der Waals surface area contributed by atoms with Gasteiger partial charge in [0.1, 0.15) is 5.75 Å². The maximum Gasteiger partial charge on any atom is 0.190 e. The molecule has 0 aliphatic carbocycles. The van der Waals surface area contributed by atoms with E-state index in [0.717, 1.165) is 33.7 Å². The van der Waals surface area contributed by atoms with Crippen molar-refractivity contribution in [3.05, 3.63) is 99.1 Å². The van der Waals surface area contributed by atoms with Gasteiger partial charge in [-0.3, -0.25) is 0 Å². The summed E-state index contributed by atoms with van der Waals surface area (Å²) in [5.74, 6) is 0.870. The van der Waals surface area contributed by atoms with E-state index in [1.807, 2.05) is 31.2 Å². The molecule has 1 aromatic heterocycles. The standard InChI is InChI=1S/C25H23BrN2OS/c1-2-29-23-14-12-22(13-15-23)27-25-28(17-16-19-6-4-3-5-7-19)24(18-30-25)20-8-10-21(26)11-9-20/h3-15,18H,2,16-17H2,1H3. The molecule has 0 aliphatic heterocycles. The van der Waals surface area contributed by atoms with Crippen LogP contribution in [0.2, 0.25) is 0 Å². The average molecular weight is 479 g/mol. The Hall–Kier alpha value is -2.63. The van der Waals surface area contributed by atoms with Crippen molar-refractivity contribution >= 4 is 33.0 Å². The summed E-state index contributed by atoms with van der Waals surface area (Å²) >= 11 is 5.20. The minimum absolute atomic E-state index is 0.664. The van der Waals surface area contributed by atoms with Crippen molar-refractivity contribution in [2.24, 2.45) is 4.99 Å². The number of hydrogen-bond acceptors (Lipinski definition) is 3. The van der Waals surface area contributed by atoms with Crippen LogP contribution in [0.15, 0.2) is 93.7 Å². The molecule has 30 heavy (non-hydrogen) atoms. The largest absolute Gasteiger partial charge is 0.494 e. The minimum atomic E-state index is 0.664. The molecule has 0 fully saturated rings. The van der Waals surface area contributed by atoms with Crippen molar-refractivity contribution in [3.63, 3.8) is 0 Å². The second-order valence-corrected chi connectivity index (χ2v) is 8.59. The smallest absolute Gasteiger partial charge is 0.190 e. The topological polar surface area (TPSA) is 26.5 Å². The fourth-order valence-electron chi connectivity index (χ4n) is 3.27. The molecule has 5 heteroatoms. The lowest BCUT2D eigenvalue weighted by molar-refractivity contribution is 0.340. The highest BCUT2D eigenvalue weighted by Gasteiger charge is 2.09. The van der Waals surface area contributed by atoms with E-state index in [2.05, 4.69) is 80.5 Å². The highest BCUT2D eigenvalue weighted by atomic mass is 79.9. The zero-order chi connectivity index (χ0) is 20.8. The first-order chi connectivity index (χ1) is 14.7. The zero-order valence-electron chi connectivity index (χ0n) is 16.8. The first kappa shape index (κ1) is 20.6. The minimum Gasteiger partial charge on any atom is -0.494 e. The summed E-state index contributed by atoms with van der Waals surface area (Å²) in [4.78, 5) is 5.93. The summed E-state index contributed by atoms with van der Waals surface area (Å²) < 4.78 is 8.94. The molecule has 4 rings (SSSR count). The fourth-order valence-corrected chi connectivity index (χ4v) is 4.49. The average Bonchev–Trinajstić information content (AvgIpc) is 3.17. The van der Waals surface area contributed by atoms with Gasteiger partial charge >= 0.3 is 0 Å². The normalized spacial score (nSPS) is 11.6. The van der Waals surface area contributed by atoms with Gasteiger partial charge in [0.15, 0.2) is 4.80 Å². The van der Waals surface area contributed by atoms with Gasteiger partial charge in [0.05, 0.1) is 18.0 Å². The second-order valence-electron chi connectivity index (χ2n) is 6.84. The zero-order valence-corrected chi connectivity index (χ0v) is 19.2. The summed E-state index contributed by atoms with van der Waals surface area (Å²) in [6, 6.07) is 27.0. The van der Waals surface area contributed by atoms with Gasteiger partial charge in [-0.15, -0.1) is 11.3 Å². The number of aryl methyl sites for hydroxylation is 1. The number of aromatic nitrogens is 1. The monoisotopic (exact) mass is 478 g/mol. The third kappa shape index (κ3) is 5.10. The molecule has 0 spiro atoms. The number of hydrogen-bond donors (Lipinski definition) is 0. The van der Waals surface area contributed by atoms with Gasteiger partial charge in [-0.2, -0.15) is 0 Å². The quantitative estimate of drug-likeness (QED) is 0.285. The molecule has 1 heterocycles. The van der Waals surface area contributed by atoms with Crippen molar-refractivity contribution in [1.82, 2.24) is 4.57 Å². The number of benzene rings is 3. The number of halogens is 1. The van der Waals surface area contributed by atoms with Gasteiger partial charge in [-0.1, -0.05) is 58.4 Å². The van der Waals surface area contributed by atoms with Crippen LogP contribution in [0, 0.1) is 0 Å². The highest BCUT2D eigenvalue weighted by Crippen LogP contribution is 2.24. The molecule has 0 bridgehead atoms. The van der Waals surface area contributed by atoms with Gasteiger partial charge in [-0.25, -0.2) is 4.99 Å². The van der Waals surface area contributed by atoms with Crippen LogP contribution in [0.25, 0.3) is 11.3 Å². The third-order valence-corrected chi connectivity index (χ3v) is 6.17. The van der Waals surface area contributed by atoms with Gasteiger partial charge in [0.25, 0.3) is 0 Å². The lowest BCUT2D eigenvalue weighted by Gasteiger charge is -2.10. The summed E-state index contributed by atoms with van der Waals surface area (Å²) in [6.45, 7) is 3.52. The Labute approximate surface area is 189 Å². The van der Waals surface area contributed by atoms with Crippen LogP contribution in [0.4, 0.5) is 5.69 Å². The van der Waals surface area contributed by atoms with Crippen molar-refractivity contribution < 1.29 is 4.74 Å². The molecule has 0 saturated carbocycles. The molecule has 3 nitrogen and oxygen atoms in total. The summed E-state index contributed by atoms with van der Waals surface area (Å²) in [5, 5.41) is 2.20. The Balaban J connectivity index is 1.71. The predicted octanol–water partition coefficient (Wildman–Crippen LogP) is 6.85.